The van der Waals surface area contributed by atoms with Crippen molar-refractivity contribution in [1.82, 2.24) is 9.13 Å². The van der Waals surface area contributed by atoms with Gasteiger partial charge in [0.05, 0.1) is 27.6 Å². The van der Waals surface area contributed by atoms with Crippen molar-refractivity contribution in [3.05, 3.63) is 170 Å². The maximum absolute atomic E-state index is 6.52. The molecule has 0 atom stereocenters. The molecule has 7 aromatic carbocycles. The molecule has 0 bridgehead atoms. The van der Waals surface area contributed by atoms with Crippen LogP contribution in [0.5, 0.6) is 0 Å². The molecule has 0 N–H and O–H groups in total. The standard InChI is InChI=1S/C44H28N2O/c1-2-15-32(16-3-1)45-41-26-25-30(28-37(41)43-36-20-7-11-24-42(36)47-44(43)45)29-13-12-14-31(27-29)33-17-4-8-21-38(33)46-39-22-9-5-18-34(39)35-19-6-10-23-40(35)46/h1-28H. The highest BCUT2D eigenvalue weighted by Crippen LogP contribution is 2.41. The van der Waals surface area contributed by atoms with Crippen molar-refractivity contribution in [2.24, 2.45) is 0 Å². The number of aromatic nitrogens is 2. The maximum atomic E-state index is 6.52. The first-order valence-electron chi connectivity index (χ1n) is 16.0. The van der Waals surface area contributed by atoms with Crippen LogP contribution in [-0.2, 0) is 0 Å². The summed E-state index contributed by atoms with van der Waals surface area (Å²) in [6.45, 7) is 0. The van der Waals surface area contributed by atoms with E-state index < -0.39 is 0 Å². The van der Waals surface area contributed by atoms with E-state index in [4.69, 9.17) is 4.42 Å². The Morgan fingerprint density at radius 1 is 0.383 bits per heavy atom. The zero-order valence-electron chi connectivity index (χ0n) is 25.5. The highest BCUT2D eigenvalue weighted by atomic mass is 16.3. The van der Waals surface area contributed by atoms with Crippen LogP contribution >= 0.6 is 0 Å². The van der Waals surface area contributed by atoms with E-state index in [9.17, 15) is 0 Å². The number of hydrogen-bond acceptors (Lipinski definition) is 1. The van der Waals surface area contributed by atoms with Crippen LogP contribution < -0.4 is 0 Å². The summed E-state index contributed by atoms with van der Waals surface area (Å²) in [6, 6.07) is 60.7. The highest BCUT2D eigenvalue weighted by Gasteiger charge is 2.20. The maximum Gasteiger partial charge on any atom is 0.213 e. The second-order valence-corrected chi connectivity index (χ2v) is 12.1. The average Bonchev–Trinajstić information content (AvgIpc) is 3.79. The van der Waals surface area contributed by atoms with Crippen molar-refractivity contribution in [3.8, 4) is 33.6 Å². The topological polar surface area (TPSA) is 23.0 Å². The van der Waals surface area contributed by atoms with Crippen molar-refractivity contribution in [3.63, 3.8) is 0 Å². The minimum absolute atomic E-state index is 0.874. The first kappa shape index (κ1) is 26.0. The molecule has 0 saturated carbocycles. The first-order valence-corrected chi connectivity index (χ1v) is 16.0. The van der Waals surface area contributed by atoms with Gasteiger partial charge in [0.1, 0.15) is 5.58 Å². The lowest BCUT2D eigenvalue weighted by Crippen LogP contribution is -1.97. The van der Waals surface area contributed by atoms with Gasteiger partial charge in [0, 0.05) is 32.8 Å². The van der Waals surface area contributed by atoms with E-state index in [0.29, 0.717) is 0 Å². The predicted molar refractivity (Wildman–Crippen MR) is 196 cm³/mol. The van der Waals surface area contributed by atoms with Gasteiger partial charge in [-0.3, -0.25) is 4.57 Å². The number of furan rings is 1. The van der Waals surface area contributed by atoms with Crippen LogP contribution in [0, 0.1) is 0 Å². The summed E-state index contributed by atoms with van der Waals surface area (Å²) in [6.07, 6.45) is 0. The van der Waals surface area contributed by atoms with E-state index >= 15 is 0 Å². The summed E-state index contributed by atoms with van der Waals surface area (Å²) < 4.78 is 11.2. The largest absolute Gasteiger partial charge is 0.439 e. The molecule has 0 spiro atoms. The fraction of sp³-hybridized carbons (Fsp3) is 0. The number of rotatable bonds is 4. The van der Waals surface area contributed by atoms with Crippen LogP contribution in [0.2, 0.25) is 0 Å². The van der Waals surface area contributed by atoms with Gasteiger partial charge in [-0.2, -0.15) is 0 Å². The lowest BCUT2D eigenvalue weighted by molar-refractivity contribution is 0.645. The van der Waals surface area contributed by atoms with Gasteiger partial charge in [-0.15, -0.1) is 0 Å². The van der Waals surface area contributed by atoms with Crippen LogP contribution in [0.1, 0.15) is 0 Å². The molecule has 0 unspecified atom stereocenters. The van der Waals surface area contributed by atoms with Gasteiger partial charge in [0.15, 0.2) is 0 Å². The van der Waals surface area contributed by atoms with Crippen molar-refractivity contribution < 1.29 is 4.42 Å². The molecule has 3 aromatic heterocycles. The van der Waals surface area contributed by atoms with Gasteiger partial charge in [-0.25, -0.2) is 0 Å². The van der Waals surface area contributed by atoms with Crippen molar-refractivity contribution in [2.75, 3.05) is 0 Å². The highest BCUT2D eigenvalue weighted by molar-refractivity contribution is 6.20. The van der Waals surface area contributed by atoms with Crippen molar-refractivity contribution >= 4 is 54.8 Å². The lowest BCUT2D eigenvalue weighted by atomic mass is 9.97. The molecule has 0 fully saturated rings. The second kappa shape index (κ2) is 10.1. The van der Waals surface area contributed by atoms with Gasteiger partial charge in [0.25, 0.3) is 0 Å². The van der Waals surface area contributed by atoms with E-state index in [0.717, 1.165) is 33.3 Å². The fourth-order valence-corrected chi connectivity index (χ4v) is 7.47. The van der Waals surface area contributed by atoms with Crippen molar-refractivity contribution in [1.29, 1.82) is 0 Å². The van der Waals surface area contributed by atoms with Gasteiger partial charge in [-0.1, -0.05) is 115 Å². The molecule has 0 radical (unpaired) electrons. The first-order chi connectivity index (χ1) is 23.3. The van der Waals surface area contributed by atoms with Gasteiger partial charge >= 0.3 is 0 Å². The molecular formula is C44H28N2O. The van der Waals surface area contributed by atoms with Crippen molar-refractivity contribution in [2.45, 2.75) is 0 Å². The second-order valence-electron chi connectivity index (χ2n) is 12.1. The Kier molecular flexibility index (Phi) is 5.57. The predicted octanol–water partition coefficient (Wildman–Crippen LogP) is 12.0. The molecule has 0 amide bonds. The molecular weight excluding hydrogens is 572 g/mol. The minimum Gasteiger partial charge on any atom is -0.439 e. The third-order valence-corrected chi connectivity index (χ3v) is 9.53. The fourth-order valence-electron chi connectivity index (χ4n) is 7.47. The summed E-state index contributed by atoms with van der Waals surface area (Å²) in [4.78, 5) is 0. The monoisotopic (exact) mass is 600 g/mol. The van der Waals surface area contributed by atoms with E-state index in [1.807, 2.05) is 6.07 Å². The SMILES string of the molecule is c1ccc(-n2c3ccc(-c4cccc(-c5ccccc5-n5c6ccccc6c6ccccc65)c4)cc3c3c4ccccc4oc32)cc1. The summed E-state index contributed by atoms with van der Waals surface area (Å²) in [5.41, 5.74) is 12.3. The smallest absolute Gasteiger partial charge is 0.213 e. The third-order valence-electron chi connectivity index (χ3n) is 9.53. The van der Waals surface area contributed by atoms with Crippen LogP contribution in [0.3, 0.4) is 0 Å². The zero-order chi connectivity index (χ0) is 30.9. The Labute approximate surface area is 271 Å². The van der Waals surface area contributed by atoms with Crippen LogP contribution in [0.4, 0.5) is 0 Å². The molecule has 10 aromatic rings. The van der Waals surface area contributed by atoms with Crippen LogP contribution in [0.15, 0.2) is 174 Å². The number of nitrogens with zero attached hydrogens (tertiary/aromatic N) is 2. The Morgan fingerprint density at radius 2 is 1.00 bits per heavy atom. The molecule has 0 saturated heterocycles. The van der Waals surface area contributed by atoms with E-state index in [1.54, 1.807) is 0 Å². The zero-order valence-corrected chi connectivity index (χ0v) is 25.5. The minimum atomic E-state index is 0.874. The van der Waals surface area contributed by atoms with Crippen LogP contribution in [0.25, 0.3) is 88.4 Å². The summed E-state index contributed by atoms with van der Waals surface area (Å²) in [7, 11) is 0. The van der Waals surface area contributed by atoms with Gasteiger partial charge < -0.3 is 8.98 Å². The summed E-state index contributed by atoms with van der Waals surface area (Å²) >= 11 is 0. The van der Waals surface area contributed by atoms with E-state index in [1.165, 1.54) is 55.1 Å². The summed E-state index contributed by atoms with van der Waals surface area (Å²) in [5.74, 6) is 0. The number of para-hydroxylation sites is 5. The Balaban J connectivity index is 1.17. The quantitative estimate of drug-likeness (QED) is 0.197. The molecule has 10 rings (SSSR count). The Bertz CT molecular complexity index is 2740. The van der Waals surface area contributed by atoms with E-state index in [2.05, 4.69) is 173 Å². The summed E-state index contributed by atoms with van der Waals surface area (Å²) in [5, 5.41) is 5.99. The van der Waals surface area contributed by atoms with Crippen LogP contribution in [-0.4, -0.2) is 9.13 Å². The number of fused-ring (bicyclic) bond motifs is 8. The van der Waals surface area contributed by atoms with Gasteiger partial charge in [-0.05, 0) is 71.3 Å². The Morgan fingerprint density at radius 3 is 1.81 bits per heavy atom. The molecule has 47 heavy (non-hydrogen) atoms. The van der Waals surface area contributed by atoms with Gasteiger partial charge in [0.2, 0.25) is 5.71 Å². The molecule has 0 aliphatic rings. The lowest BCUT2D eigenvalue weighted by Gasteiger charge is -2.15. The molecule has 3 nitrogen and oxygen atoms in total. The molecule has 220 valence electrons. The molecule has 3 heterocycles. The Hall–Kier alpha value is -6.32. The average molecular weight is 601 g/mol. The molecule has 0 aliphatic carbocycles. The molecule has 3 heteroatoms. The number of hydrogen-bond donors (Lipinski definition) is 0. The third kappa shape index (κ3) is 3.87. The normalized spacial score (nSPS) is 11.8. The van der Waals surface area contributed by atoms with E-state index in [-0.39, 0.29) is 0 Å². The molecule has 0 aliphatic heterocycles. The number of benzene rings is 7.